The number of pyridine rings is 1. The normalized spacial score (nSPS) is 12.7. The Morgan fingerprint density at radius 1 is 1.40 bits per heavy atom. The third-order valence-corrected chi connectivity index (χ3v) is 3.32. The maximum atomic E-state index is 9.85. The smallest absolute Gasteiger partial charge is 0.0953 e. The Bertz CT molecular complexity index is 415. The highest BCUT2D eigenvalue weighted by Gasteiger charge is 2.10. The molecule has 0 spiro atoms. The molecule has 0 radical (unpaired) electrons. The molecule has 0 aliphatic carbocycles. The summed E-state index contributed by atoms with van der Waals surface area (Å²) < 4.78 is 0.943. The predicted molar refractivity (Wildman–Crippen MR) is 62.7 cm³/mol. The van der Waals surface area contributed by atoms with Crippen molar-refractivity contribution in [2.45, 2.75) is 12.5 Å². The van der Waals surface area contributed by atoms with Crippen molar-refractivity contribution in [2.75, 3.05) is 0 Å². The summed E-state index contributed by atoms with van der Waals surface area (Å²) in [5.41, 5.74) is 2.59. The second kappa shape index (κ2) is 4.83. The fourth-order valence-corrected chi connectivity index (χ4v) is 2.06. The van der Waals surface area contributed by atoms with E-state index in [0.717, 1.165) is 15.0 Å². The van der Waals surface area contributed by atoms with Gasteiger partial charge in [0.1, 0.15) is 0 Å². The van der Waals surface area contributed by atoms with Gasteiger partial charge in [0.15, 0.2) is 0 Å². The molecule has 15 heavy (non-hydrogen) atoms. The van der Waals surface area contributed by atoms with Crippen LogP contribution in [0.15, 0.2) is 34.5 Å². The lowest BCUT2D eigenvalue weighted by Gasteiger charge is -2.06. The van der Waals surface area contributed by atoms with Crippen molar-refractivity contribution in [1.82, 2.24) is 9.97 Å². The fourth-order valence-electron chi connectivity index (χ4n) is 1.22. The highest BCUT2D eigenvalue weighted by molar-refractivity contribution is 9.10. The summed E-state index contributed by atoms with van der Waals surface area (Å²) >= 11 is 4.77. The van der Waals surface area contributed by atoms with Gasteiger partial charge in [0.2, 0.25) is 0 Å². The fraction of sp³-hybridized carbons (Fsp3) is 0.200. The lowest BCUT2D eigenvalue weighted by atomic mass is 10.1. The Morgan fingerprint density at radius 3 is 2.87 bits per heavy atom. The summed E-state index contributed by atoms with van der Waals surface area (Å²) in [6, 6.07) is 3.82. The van der Waals surface area contributed by atoms with Crippen molar-refractivity contribution in [3.8, 4) is 0 Å². The van der Waals surface area contributed by atoms with Gasteiger partial charge in [-0.05, 0) is 28.1 Å². The predicted octanol–water partition coefficient (Wildman–Crippen LogP) is 2.58. The molecule has 1 unspecified atom stereocenters. The molecule has 2 aromatic heterocycles. The second-order valence-corrected chi connectivity index (χ2v) is 4.93. The van der Waals surface area contributed by atoms with Gasteiger partial charge in [-0.3, -0.25) is 9.97 Å². The van der Waals surface area contributed by atoms with Crippen LogP contribution < -0.4 is 0 Å². The van der Waals surface area contributed by atoms with Crippen molar-refractivity contribution in [3.63, 3.8) is 0 Å². The van der Waals surface area contributed by atoms with E-state index in [-0.39, 0.29) is 0 Å². The van der Waals surface area contributed by atoms with Crippen LogP contribution in [0, 0.1) is 0 Å². The Balaban J connectivity index is 2.06. The quantitative estimate of drug-likeness (QED) is 0.942. The topological polar surface area (TPSA) is 46.0 Å². The summed E-state index contributed by atoms with van der Waals surface area (Å²) in [7, 11) is 0. The van der Waals surface area contributed by atoms with Crippen LogP contribution in [0.4, 0.5) is 0 Å². The molecule has 1 N–H and O–H groups in total. The summed E-state index contributed by atoms with van der Waals surface area (Å²) in [5, 5.41) is 9.85. The van der Waals surface area contributed by atoms with Crippen molar-refractivity contribution < 1.29 is 5.11 Å². The number of aliphatic hydroxyl groups is 1. The van der Waals surface area contributed by atoms with Gasteiger partial charge in [-0.2, -0.15) is 0 Å². The van der Waals surface area contributed by atoms with E-state index in [4.69, 9.17) is 0 Å². The largest absolute Gasteiger partial charge is 0.387 e. The van der Waals surface area contributed by atoms with Gasteiger partial charge in [-0.15, -0.1) is 11.3 Å². The van der Waals surface area contributed by atoms with Crippen LogP contribution in [0.2, 0.25) is 0 Å². The molecule has 5 heteroatoms. The molecule has 0 aliphatic heterocycles. The van der Waals surface area contributed by atoms with E-state index in [9.17, 15) is 5.11 Å². The zero-order chi connectivity index (χ0) is 10.7. The Morgan fingerprint density at radius 2 is 2.27 bits per heavy atom. The molecule has 2 heterocycles. The lowest BCUT2D eigenvalue weighted by molar-refractivity contribution is 0.181. The summed E-state index contributed by atoms with van der Waals surface area (Å²) in [5.74, 6) is 0. The minimum absolute atomic E-state index is 0.508. The number of thiazole rings is 1. The van der Waals surface area contributed by atoms with Crippen molar-refractivity contribution in [3.05, 3.63) is 45.1 Å². The van der Waals surface area contributed by atoms with E-state index in [1.165, 1.54) is 11.3 Å². The average Bonchev–Trinajstić information content (AvgIpc) is 2.74. The summed E-state index contributed by atoms with van der Waals surface area (Å²) in [6.45, 7) is 0. The second-order valence-electron chi connectivity index (χ2n) is 3.09. The van der Waals surface area contributed by atoms with Crippen LogP contribution in [0.5, 0.6) is 0 Å². The van der Waals surface area contributed by atoms with Gasteiger partial charge in [-0.1, -0.05) is 0 Å². The molecule has 3 nitrogen and oxygen atoms in total. The standard InChI is InChI=1S/C10H9BrN2OS/c11-7-1-2-8(13-4-7)3-9(14)10-5-12-6-15-10/h1-2,4-6,9,14H,3H2. The molecular formula is C10H9BrN2OS. The van der Waals surface area contributed by atoms with Crippen LogP contribution in [0.3, 0.4) is 0 Å². The molecule has 0 aromatic carbocycles. The van der Waals surface area contributed by atoms with Crippen LogP contribution >= 0.6 is 27.3 Å². The minimum atomic E-state index is -0.508. The number of aromatic nitrogens is 2. The molecule has 0 amide bonds. The Kier molecular flexibility index (Phi) is 3.45. The minimum Gasteiger partial charge on any atom is -0.387 e. The molecule has 78 valence electrons. The van der Waals surface area contributed by atoms with Gasteiger partial charge < -0.3 is 5.11 Å². The van der Waals surface area contributed by atoms with Gasteiger partial charge in [0.25, 0.3) is 0 Å². The van der Waals surface area contributed by atoms with Crippen molar-refractivity contribution >= 4 is 27.3 Å². The maximum Gasteiger partial charge on any atom is 0.0953 e. The van der Waals surface area contributed by atoms with Gasteiger partial charge in [0, 0.05) is 29.0 Å². The number of hydrogen-bond acceptors (Lipinski definition) is 4. The zero-order valence-electron chi connectivity index (χ0n) is 7.80. The lowest BCUT2D eigenvalue weighted by Crippen LogP contribution is -2.01. The molecule has 0 saturated carbocycles. The molecule has 0 fully saturated rings. The molecular weight excluding hydrogens is 276 g/mol. The monoisotopic (exact) mass is 284 g/mol. The molecule has 2 rings (SSSR count). The van der Waals surface area contributed by atoms with Gasteiger partial charge >= 0.3 is 0 Å². The molecule has 0 saturated heterocycles. The Labute approximate surface area is 100.0 Å². The summed E-state index contributed by atoms with van der Waals surface area (Å²) in [4.78, 5) is 9.01. The maximum absolute atomic E-state index is 9.85. The van der Waals surface area contributed by atoms with E-state index in [1.807, 2.05) is 12.1 Å². The first-order chi connectivity index (χ1) is 7.25. The molecule has 0 bridgehead atoms. The first-order valence-electron chi connectivity index (χ1n) is 4.42. The van der Waals surface area contributed by atoms with Crippen LogP contribution in [0.1, 0.15) is 16.7 Å². The van der Waals surface area contributed by atoms with Gasteiger partial charge in [-0.25, -0.2) is 0 Å². The Hall–Kier alpha value is -0.780. The number of nitrogens with zero attached hydrogens (tertiary/aromatic N) is 2. The van der Waals surface area contributed by atoms with Crippen molar-refractivity contribution in [2.24, 2.45) is 0 Å². The molecule has 0 aliphatic rings. The zero-order valence-corrected chi connectivity index (χ0v) is 10.2. The van der Waals surface area contributed by atoms with Crippen LogP contribution in [0.25, 0.3) is 0 Å². The third-order valence-electron chi connectivity index (χ3n) is 1.97. The van der Waals surface area contributed by atoms with E-state index in [1.54, 1.807) is 17.9 Å². The van der Waals surface area contributed by atoms with Crippen molar-refractivity contribution in [1.29, 1.82) is 0 Å². The van der Waals surface area contributed by atoms with E-state index in [2.05, 4.69) is 25.9 Å². The number of hydrogen-bond donors (Lipinski definition) is 1. The number of halogens is 1. The number of rotatable bonds is 3. The van der Waals surface area contributed by atoms with Gasteiger partial charge in [0.05, 0.1) is 16.5 Å². The highest BCUT2D eigenvalue weighted by Crippen LogP contribution is 2.20. The van der Waals surface area contributed by atoms with Crippen LogP contribution in [-0.4, -0.2) is 15.1 Å². The SMILES string of the molecule is OC(Cc1ccc(Br)cn1)c1cncs1. The first kappa shape index (κ1) is 10.7. The highest BCUT2D eigenvalue weighted by atomic mass is 79.9. The first-order valence-corrected chi connectivity index (χ1v) is 6.10. The van der Waals surface area contributed by atoms with E-state index >= 15 is 0 Å². The van der Waals surface area contributed by atoms with E-state index in [0.29, 0.717) is 6.42 Å². The summed E-state index contributed by atoms with van der Waals surface area (Å²) in [6.07, 6.45) is 3.43. The van der Waals surface area contributed by atoms with Crippen LogP contribution in [-0.2, 0) is 6.42 Å². The number of aliphatic hydroxyl groups excluding tert-OH is 1. The molecule has 2 aromatic rings. The third kappa shape index (κ3) is 2.84. The molecule has 1 atom stereocenters. The van der Waals surface area contributed by atoms with E-state index < -0.39 is 6.10 Å². The average molecular weight is 285 g/mol.